The predicted molar refractivity (Wildman–Crippen MR) is 65.0 cm³/mol. The summed E-state index contributed by atoms with van der Waals surface area (Å²) < 4.78 is 0. The van der Waals surface area contributed by atoms with Gasteiger partial charge in [0, 0.05) is 16.9 Å². The maximum atomic E-state index is 12.0. The van der Waals surface area contributed by atoms with Crippen LogP contribution in [0, 0.1) is 0 Å². The fourth-order valence-corrected chi connectivity index (χ4v) is 1.96. The molecule has 2 rings (SSSR count). The van der Waals surface area contributed by atoms with Gasteiger partial charge in [-0.1, -0.05) is 0 Å². The third-order valence-corrected chi connectivity index (χ3v) is 3.19. The molecule has 5 N–H and O–H groups in total. The van der Waals surface area contributed by atoms with Gasteiger partial charge in [0.1, 0.15) is 0 Å². The van der Waals surface area contributed by atoms with Crippen LogP contribution in [0.3, 0.4) is 0 Å². The van der Waals surface area contributed by atoms with Crippen LogP contribution in [0.2, 0.25) is 0 Å². The highest BCUT2D eigenvalue weighted by Crippen LogP contribution is 2.31. The first-order valence-corrected chi connectivity index (χ1v) is 5.48. The maximum Gasteiger partial charge on any atom is 0.253 e. The van der Waals surface area contributed by atoms with Gasteiger partial charge in [-0.05, 0) is 44.4 Å². The number of anilines is 2. The number of hydrogen-bond donors (Lipinski definition) is 3. The average molecular weight is 219 g/mol. The molecule has 0 unspecified atom stereocenters. The molecule has 0 atom stereocenters. The van der Waals surface area contributed by atoms with Gasteiger partial charge in [0.25, 0.3) is 5.91 Å². The van der Waals surface area contributed by atoms with Gasteiger partial charge < -0.3 is 16.8 Å². The van der Waals surface area contributed by atoms with Gasteiger partial charge in [0.2, 0.25) is 0 Å². The molecule has 4 nitrogen and oxygen atoms in total. The molecule has 1 aliphatic rings. The lowest BCUT2D eigenvalue weighted by Crippen LogP contribution is -2.51. The van der Waals surface area contributed by atoms with E-state index < -0.39 is 0 Å². The van der Waals surface area contributed by atoms with E-state index in [0.29, 0.717) is 16.9 Å². The van der Waals surface area contributed by atoms with Crippen molar-refractivity contribution in [2.75, 3.05) is 11.5 Å². The van der Waals surface area contributed by atoms with Crippen molar-refractivity contribution in [1.29, 1.82) is 0 Å². The summed E-state index contributed by atoms with van der Waals surface area (Å²) in [6.07, 6.45) is 3.25. The predicted octanol–water partition coefficient (Wildman–Crippen LogP) is 1.52. The third-order valence-electron chi connectivity index (χ3n) is 3.19. The summed E-state index contributed by atoms with van der Waals surface area (Å²) in [6, 6.07) is 4.97. The molecule has 0 saturated heterocycles. The molecule has 16 heavy (non-hydrogen) atoms. The first-order chi connectivity index (χ1) is 7.50. The second-order valence-electron chi connectivity index (χ2n) is 4.72. The zero-order chi connectivity index (χ0) is 11.8. The normalized spacial score (nSPS) is 17.6. The van der Waals surface area contributed by atoms with E-state index in [0.717, 1.165) is 12.8 Å². The highest BCUT2D eigenvalue weighted by atomic mass is 16.1. The van der Waals surface area contributed by atoms with Crippen LogP contribution in [0.5, 0.6) is 0 Å². The number of benzene rings is 1. The molecule has 1 amide bonds. The van der Waals surface area contributed by atoms with Crippen molar-refractivity contribution >= 4 is 17.3 Å². The number of amides is 1. The molecule has 0 bridgehead atoms. The van der Waals surface area contributed by atoms with Crippen LogP contribution in [0.4, 0.5) is 11.4 Å². The zero-order valence-corrected chi connectivity index (χ0v) is 9.42. The van der Waals surface area contributed by atoms with E-state index in [-0.39, 0.29) is 11.4 Å². The van der Waals surface area contributed by atoms with Crippen molar-refractivity contribution in [3.63, 3.8) is 0 Å². The summed E-state index contributed by atoms with van der Waals surface area (Å²) in [4.78, 5) is 12.0. The van der Waals surface area contributed by atoms with Crippen molar-refractivity contribution in [2.45, 2.75) is 31.7 Å². The largest absolute Gasteiger partial charge is 0.399 e. The molecule has 0 spiro atoms. The summed E-state index contributed by atoms with van der Waals surface area (Å²) in [5.74, 6) is -0.111. The molecule has 1 aromatic carbocycles. The molecular weight excluding hydrogens is 202 g/mol. The lowest BCUT2D eigenvalue weighted by molar-refractivity contribution is 0.0851. The van der Waals surface area contributed by atoms with Crippen LogP contribution in [0.1, 0.15) is 36.5 Å². The second-order valence-corrected chi connectivity index (χ2v) is 4.72. The Bertz CT molecular complexity index is 424. The van der Waals surface area contributed by atoms with Gasteiger partial charge in [-0.2, -0.15) is 0 Å². The number of hydrogen-bond acceptors (Lipinski definition) is 3. The Kier molecular flexibility index (Phi) is 2.50. The Balaban J connectivity index is 2.14. The molecule has 1 aromatic rings. The van der Waals surface area contributed by atoms with E-state index in [9.17, 15) is 4.79 Å². The van der Waals surface area contributed by atoms with Gasteiger partial charge in [0.15, 0.2) is 0 Å². The minimum atomic E-state index is -0.111. The highest BCUT2D eigenvalue weighted by Gasteiger charge is 2.33. The molecule has 0 radical (unpaired) electrons. The summed E-state index contributed by atoms with van der Waals surface area (Å²) in [6.45, 7) is 2.06. The average Bonchev–Trinajstić information content (AvgIpc) is 2.14. The van der Waals surface area contributed by atoms with E-state index in [4.69, 9.17) is 11.5 Å². The smallest absolute Gasteiger partial charge is 0.253 e. The van der Waals surface area contributed by atoms with Gasteiger partial charge in [0.05, 0.1) is 5.56 Å². The zero-order valence-electron chi connectivity index (χ0n) is 9.42. The monoisotopic (exact) mass is 219 g/mol. The van der Waals surface area contributed by atoms with Gasteiger partial charge in [-0.3, -0.25) is 4.79 Å². The summed E-state index contributed by atoms with van der Waals surface area (Å²) in [7, 11) is 0. The van der Waals surface area contributed by atoms with E-state index in [2.05, 4.69) is 12.2 Å². The van der Waals surface area contributed by atoms with Crippen LogP contribution < -0.4 is 16.8 Å². The Morgan fingerprint density at radius 2 is 2.06 bits per heavy atom. The minimum absolute atomic E-state index is 0.0507. The van der Waals surface area contributed by atoms with Crippen LogP contribution in [-0.4, -0.2) is 11.4 Å². The number of carbonyl (C=O) groups excluding carboxylic acids is 1. The number of carbonyl (C=O) groups is 1. The Hall–Kier alpha value is -1.71. The van der Waals surface area contributed by atoms with Gasteiger partial charge in [-0.15, -0.1) is 0 Å². The van der Waals surface area contributed by atoms with Crippen molar-refractivity contribution in [1.82, 2.24) is 5.32 Å². The van der Waals surface area contributed by atoms with Crippen molar-refractivity contribution in [3.8, 4) is 0 Å². The molecule has 86 valence electrons. The van der Waals surface area contributed by atoms with Crippen molar-refractivity contribution in [3.05, 3.63) is 23.8 Å². The SMILES string of the molecule is CC1(NC(=O)c2ccc(N)cc2N)CCC1. The number of nitrogens with one attached hydrogen (secondary N) is 1. The topological polar surface area (TPSA) is 81.1 Å². The van der Waals surface area contributed by atoms with Crippen LogP contribution in [0.25, 0.3) is 0 Å². The fourth-order valence-electron chi connectivity index (χ4n) is 1.96. The highest BCUT2D eigenvalue weighted by molar-refractivity contribution is 6.00. The summed E-state index contributed by atoms with van der Waals surface area (Å²) in [5, 5.41) is 3.01. The Morgan fingerprint density at radius 3 is 2.56 bits per heavy atom. The van der Waals surface area contributed by atoms with Gasteiger partial charge >= 0.3 is 0 Å². The summed E-state index contributed by atoms with van der Waals surface area (Å²) >= 11 is 0. The van der Waals surface area contributed by atoms with E-state index in [1.807, 2.05) is 0 Å². The first kappa shape index (κ1) is 10.8. The fraction of sp³-hybridized carbons (Fsp3) is 0.417. The Morgan fingerprint density at radius 1 is 1.38 bits per heavy atom. The molecule has 1 fully saturated rings. The standard InChI is InChI=1S/C12H17N3O/c1-12(5-2-6-12)15-11(16)9-4-3-8(13)7-10(9)14/h3-4,7H,2,5-6,13-14H2,1H3,(H,15,16). The molecular formula is C12H17N3O. The lowest BCUT2D eigenvalue weighted by Gasteiger charge is -2.39. The number of rotatable bonds is 2. The van der Waals surface area contributed by atoms with Gasteiger partial charge in [-0.25, -0.2) is 0 Å². The number of nitrogens with two attached hydrogens (primary N) is 2. The van der Waals surface area contributed by atoms with E-state index in [1.54, 1.807) is 18.2 Å². The van der Waals surface area contributed by atoms with Crippen LogP contribution in [0.15, 0.2) is 18.2 Å². The molecule has 0 heterocycles. The van der Waals surface area contributed by atoms with Crippen LogP contribution >= 0.6 is 0 Å². The van der Waals surface area contributed by atoms with Crippen molar-refractivity contribution in [2.24, 2.45) is 0 Å². The minimum Gasteiger partial charge on any atom is -0.399 e. The molecule has 1 saturated carbocycles. The molecule has 0 aromatic heterocycles. The molecule has 1 aliphatic carbocycles. The first-order valence-electron chi connectivity index (χ1n) is 5.48. The number of nitrogen functional groups attached to an aromatic ring is 2. The van der Waals surface area contributed by atoms with E-state index >= 15 is 0 Å². The lowest BCUT2D eigenvalue weighted by atomic mass is 9.78. The van der Waals surface area contributed by atoms with Crippen LogP contribution in [-0.2, 0) is 0 Å². The Labute approximate surface area is 95.0 Å². The molecule has 0 aliphatic heterocycles. The van der Waals surface area contributed by atoms with E-state index in [1.165, 1.54) is 6.42 Å². The maximum absolute atomic E-state index is 12.0. The quantitative estimate of drug-likeness (QED) is 0.660. The van der Waals surface area contributed by atoms with Crippen molar-refractivity contribution < 1.29 is 4.79 Å². The third kappa shape index (κ3) is 1.96. The summed E-state index contributed by atoms with van der Waals surface area (Å²) in [5.41, 5.74) is 12.8. The molecule has 4 heteroatoms. The second kappa shape index (κ2) is 3.70.